The summed E-state index contributed by atoms with van der Waals surface area (Å²) in [5.41, 5.74) is 2.05. The van der Waals surface area contributed by atoms with Crippen molar-refractivity contribution in [3.63, 3.8) is 0 Å². The van der Waals surface area contributed by atoms with Crippen molar-refractivity contribution < 1.29 is 9.53 Å². The zero-order valence-electron chi connectivity index (χ0n) is 13.6. The van der Waals surface area contributed by atoms with Crippen LogP contribution in [0.2, 0.25) is 0 Å². The number of unbranched alkanes of at least 4 members (excludes halogenated alkanes) is 3. The van der Waals surface area contributed by atoms with Crippen LogP contribution in [0, 0.1) is 0 Å². The van der Waals surface area contributed by atoms with E-state index >= 15 is 0 Å². The van der Waals surface area contributed by atoms with Gasteiger partial charge in [-0.1, -0.05) is 69.5 Å². The van der Waals surface area contributed by atoms with E-state index in [4.69, 9.17) is 4.74 Å². The quantitative estimate of drug-likeness (QED) is 0.352. The SMILES string of the molecule is CCCCCC/C(=C\C(C)c1ccccc1)C(=O)OCC. The normalized spacial score (nSPS) is 13.0. The fourth-order valence-corrected chi connectivity index (χ4v) is 2.37. The van der Waals surface area contributed by atoms with E-state index in [0.717, 1.165) is 18.4 Å². The number of allylic oxidation sites excluding steroid dienone is 1. The van der Waals surface area contributed by atoms with E-state index in [1.54, 1.807) is 0 Å². The first-order valence-corrected chi connectivity index (χ1v) is 8.11. The molecule has 0 saturated carbocycles. The smallest absolute Gasteiger partial charge is 0.333 e. The molecule has 0 aliphatic carbocycles. The van der Waals surface area contributed by atoms with Gasteiger partial charge in [-0.2, -0.15) is 0 Å². The summed E-state index contributed by atoms with van der Waals surface area (Å²) in [5, 5.41) is 0. The van der Waals surface area contributed by atoms with Gasteiger partial charge in [0.05, 0.1) is 6.61 Å². The first-order valence-electron chi connectivity index (χ1n) is 8.11. The molecule has 1 aromatic rings. The van der Waals surface area contributed by atoms with E-state index < -0.39 is 0 Å². The Labute approximate surface area is 129 Å². The van der Waals surface area contributed by atoms with Crippen molar-refractivity contribution in [1.29, 1.82) is 0 Å². The maximum Gasteiger partial charge on any atom is 0.333 e. The molecule has 0 bridgehead atoms. The standard InChI is InChI=1S/C19H28O2/c1-4-6-7-9-14-18(19(20)21-5-2)15-16(3)17-12-10-8-11-13-17/h8,10-13,15-16H,4-7,9,14H2,1-3H3/b18-15+. The van der Waals surface area contributed by atoms with Gasteiger partial charge in [0.1, 0.15) is 0 Å². The topological polar surface area (TPSA) is 26.3 Å². The molecule has 0 heterocycles. The minimum atomic E-state index is -0.156. The fourth-order valence-electron chi connectivity index (χ4n) is 2.37. The predicted octanol–water partition coefficient (Wildman–Crippen LogP) is 5.25. The van der Waals surface area contributed by atoms with Crippen molar-refractivity contribution in [3.05, 3.63) is 47.5 Å². The maximum atomic E-state index is 12.1. The Bertz CT molecular complexity index is 434. The molecule has 0 saturated heterocycles. The number of benzene rings is 1. The van der Waals surface area contributed by atoms with Gasteiger partial charge in [0.15, 0.2) is 0 Å². The summed E-state index contributed by atoms with van der Waals surface area (Å²) in [6.07, 6.45) is 7.55. The molecule has 21 heavy (non-hydrogen) atoms. The van der Waals surface area contributed by atoms with Gasteiger partial charge in [-0.15, -0.1) is 0 Å². The third-order valence-corrected chi connectivity index (χ3v) is 3.61. The first-order chi connectivity index (χ1) is 10.2. The number of hydrogen-bond donors (Lipinski definition) is 0. The van der Waals surface area contributed by atoms with E-state index in [0.29, 0.717) is 6.61 Å². The molecule has 2 nitrogen and oxygen atoms in total. The molecular weight excluding hydrogens is 260 g/mol. The second-order valence-corrected chi connectivity index (χ2v) is 5.42. The second kappa shape index (κ2) is 10.2. The molecule has 0 amide bonds. The van der Waals surface area contributed by atoms with Gasteiger partial charge in [0.25, 0.3) is 0 Å². The van der Waals surface area contributed by atoms with Crippen molar-refractivity contribution in [3.8, 4) is 0 Å². The highest BCUT2D eigenvalue weighted by atomic mass is 16.5. The second-order valence-electron chi connectivity index (χ2n) is 5.42. The highest BCUT2D eigenvalue weighted by molar-refractivity contribution is 5.88. The maximum absolute atomic E-state index is 12.1. The summed E-state index contributed by atoms with van der Waals surface area (Å²) in [6.45, 7) is 6.61. The molecule has 1 rings (SSSR count). The van der Waals surface area contributed by atoms with Gasteiger partial charge in [-0.25, -0.2) is 4.79 Å². The number of carbonyl (C=O) groups is 1. The van der Waals surface area contributed by atoms with Crippen LogP contribution in [-0.4, -0.2) is 12.6 Å². The number of hydrogen-bond acceptors (Lipinski definition) is 2. The molecule has 1 aromatic carbocycles. The molecule has 0 aliphatic heterocycles. The zero-order valence-corrected chi connectivity index (χ0v) is 13.6. The minimum Gasteiger partial charge on any atom is -0.463 e. The lowest BCUT2D eigenvalue weighted by Crippen LogP contribution is -2.09. The van der Waals surface area contributed by atoms with E-state index in [1.807, 2.05) is 25.1 Å². The van der Waals surface area contributed by atoms with E-state index in [2.05, 4.69) is 32.1 Å². The van der Waals surface area contributed by atoms with Crippen molar-refractivity contribution in [2.75, 3.05) is 6.61 Å². The summed E-state index contributed by atoms with van der Waals surface area (Å²) < 4.78 is 5.19. The highest BCUT2D eigenvalue weighted by Crippen LogP contribution is 2.21. The monoisotopic (exact) mass is 288 g/mol. The summed E-state index contributed by atoms with van der Waals surface area (Å²) in [6, 6.07) is 10.3. The Kier molecular flexibility index (Phi) is 8.49. The molecule has 0 spiro atoms. The van der Waals surface area contributed by atoms with E-state index in [9.17, 15) is 4.79 Å². The van der Waals surface area contributed by atoms with Crippen molar-refractivity contribution in [2.45, 2.75) is 58.8 Å². The predicted molar refractivity (Wildman–Crippen MR) is 88.3 cm³/mol. The van der Waals surface area contributed by atoms with Crippen LogP contribution in [0.3, 0.4) is 0 Å². The average Bonchev–Trinajstić information content (AvgIpc) is 2.51. The van der Waals surface area contributed by atoms with Gasteiger partial charge in [0, 0.05) is 5.57 Å². The average molecular weight is 288 g/mol. The molecule has 0 aromatic heterocycles. The van der Waals surface area contributed by atoms with Gasteiger partial charge in [-0.3, -0.25) is 0 Å². The molecule has 0 N–H and O–H groups in total. The molecule has 1 unspecified atom stereocenters. The van der Waals surface area contributed by atoms with Crippen LogP contribution in [0.5, 0.6) is 0 Å². The third-order valence-electron chi connectivity index (χ3n) is 3.61. The van der Waals surface area contributed by atoms with Crippen LogP contribution in [-0.2, 0) is 9.53 Å². The molecule has 1 atom stereocenters. The van der Waals surface area contributed by atoms with Gasteiger partial charge in [0.2, 0.25) is 0 Å². The first kappa shape index (κ1) is 17.5. The van der Waals surface area contributed by atoms with Gasteiger partial charge < -0.3 is 4.74 Å². The Hall–Kier alpha value is -1.57. The van der Waals surface area contributed by atoms with E-state index in [1.165, 1.54) is 24.8 Å². The van der Waals surface area contributed by atoms with Crippen molar-refractivity contribution >= 4 is 5.97 Å². The zero-order chi connectivity index (χ0) is 15.5. The lowest BCUT2D eigenvalue weighted by Gasteiger charge is -2.11. The number of esters is 1. The molecule has 0 fully saturated rings. The van der Waals surface area contributed by atoms with Crippen LogP contribution in [0.4, 0.5) is 0 Å². The number of rotatable bonds is 9. The molecule has 0 radical (unpaired) electrons. The highest BCUT2D eigenvalue weighted by Gasteiger charge is 2.12. The minimum absolute atomic E-state index is 0.156. The molecular formula is C19H28O2. The number of ether oxygens (including phenoxy) is 1. The van der Waals surface area contributed by atoms with Crippen LogP contribution >= 0.6 is 0 Å². The molecule has 2 heteroatoms. The molecule has 116 valence electrons. The number of carbonyl (C=O) groups excluding carboxylic acids is 1. The lowest BCUT2D eigenvalue weighted by molar-refractivity contribution is -0.138. The Morgan fingerprint density at radius 2 is 1.86 bits per heavy atom. The third kappa shape index (κ3) is 6.61. The van der Waals surface area contributed by atoms with Crippen molar-refractivity contribution in [1.82, 2.24) is 0 Å². The summed E-state index contributed by atoms with van der Waals surface area (Å²) in [4.78, 5) is 12.1. The van der Waals surface area contributed by atoms with E-state index in [-0.39, 0.29) is 11.9 Å². The summed E-state index contributed by atoms with van der Waals surface area (Å²) in [5.74, 6) is 0.0774. The van der Waals surface area contributed by atoms with Crippen LogP contribution in [0.15, 0.2) is 42.0 Å². The Balaban J connectivity index is 2.74. The molecule has 0 aliphatic rings. The Morgan fingerprint density at radius 3 is 2.48 bits per heavy atom. The van der Waals surface area contributed by atoms with Crippen LogP contribution in [0.1, 0.15) is 64.4 Å². The fraction of sp³-hybridized carbons (Fsp3) is 0.526. The van der Waals surface area contributed by atoms with Crippen LogP contribution < -0.4 is 0 Å². The largest absolute Gasteiger partial charge is 0.463 e. The van der Waals surface area contributed by atoms with Gasteiger partial charge >= 0.3 is 5.97 Å². The summed E-state index contributed by atoms with van der Waals surface area (Å²) in [7, 11) is 0. The lowest BCUT2D eigenvalue weighted by atomic mass is 9.96. The van der Waals surface area contributed by atoms with Gasteiger partial charge in [-0.05, 0) is 31.2 Å². The Morgan fingerprint density at radius 1 is 1.14 bits per heavy atom. The van der Waals surface area contributed by atoms with Crippen molar-refractivity contribution in [2.24, 2.45) is 0 Å². The van der Waals surface area contributed by atoms with Crippen LogP contribution in [0.25, 0.3) is 0 Å². The summed E-state index contributed by atoms with van der Waals surface area (Å²) >= 11 is 0.